The van der Waals surface area contributed by atoms with Crippen LogP contribution in [0.1, 0.15) is 30.9 Å². The summed E-state index contributed by atoms with van der Waals surface area (Å²) in [5.74, 6) is -2.00. The first-order valence-electron chi connectivity index (χ1n) is 6.99. The van der Waals surface area contributed by atoms with Crippen molar-refractivity contribution < 1.29 is 19.1 Å². The molecule has 0 heterocycles. The quantitative estimate of drug-likeness (QED) is 0.568. The van der Waals surface area contributed by atoms with Crippen LogP contribution >= 0.6 is 11.8 Å². The van der Waals surface area contributed by atoms with E-state index in [1.165, 1.54) is 0 Å². The van der Waals surface area contributed by atoms with Gasteiger partial charge in [0.2, 0.25) is 0 Å². The molecule has 0 radical (unpaired) electrons. The van der Waals surface area contributed by atoms with Crippen LogP contribution in [-0.2, 0) is 19.1 Å². The second kappa shape index (κ2) is 9.11. The Morgan fingerprint density at radius 1 is 1.14 bits per heavy atom. The number of thioether (sulfide) groups is 1. The summed E-state index contributed by atoms with van der Waals surface area (Å²) in [5, 5.41) is 9.88. The fourth-order valence-electron chi connectivity index (χ4n) is 1.97. The molecule has 0 spiro atoms. The van der Waals surface area contributed by atoms with E-state index in [0.29, 0.717) is 17.3 Å². The van der Waals surface area contributed by atoms with Crippen molar-refractivity contribution in [3.05, 3.63) is 35.4 Å². The minimum absolute atomic E-state index is 0.185. The van der Waals surface area contributed by atoms with Gasteiger partial charge < -0.3 is 9.47 Å². The zero-order chi connectivity index (χ0) is 16.5. The van der Waals surface area contributed by atoms with Crippen LogP contribution in [0.3, 0.4) is 0 Å². The Morgan fingerprint density at radius 3 is 2.18 bits per heavy atom. The van der Waals surface area contributed by atoms with Crippen molar-refractivity contribution in [2.24, 2.45) is 0 Å². The van der Waals surface area contributed by atoms with E-state index >= 15 is 0 Å². The van der Waals surface area contributed by atoms with Crippen molar-refractivity contribution in [3.63, 3.8) is 0 Å². The number of aryl methyl sites for hydroxylation is 1. The highest BCUT2D eigenvalue weighted by atomic mass is 32.2. The Kier molecular flexibility index (Phi) is 7.47. The zero-order valence-electron chi connectivity index (χ0n) is 12.9. The number of carbonyl (C=O) groups excluding carboxylic acids is 2. The molecule has 0 aromatic heterocycles. The lowest BCUT2D eigenvalue weighted by Gasteiger charge is -2.22. The number of hydrogen-bond acceptors (Lipinski definition) is 6. The zero-order valence-corrected chi connectivity index (χ0v) is 13.7. The summed E-state index contributed by atoms with van der Waals surface area (Å²) >= 11 is 0.716. The van der Waals surface area contributed by atoms with Crippen LogP contribution in [0.4, 0.5) is 0 Å². The van der Waals surface area contributed by atoms with E-state index in [4.69, 9.17) is 14.7 Å². The SMILES string of the molecule is CCOC(=O)[C@H](SC#N)[C@@H](C(=O)OCC)c1ccc(C)cc1. The molecule has 0 aliphatic heterocycles. The Bertz CT molecular complexity index is 550. The molecule has 1 aromatic carbocycles. The van der Waals surface area contributed by atoms with E-state index in [1.54, 1.807) is 26.0 Å². The number of hydrogen-bond donors (Lipinski definition) is 0. The first-order valence-corrected chi connectivity index (χ1v) is 7.87. The largest absolute Gasteiger partial charge is 0.465 e. The molecular weight excluding hydrogens is 302 g/mol. The molecule has 0 N–H and O–H groups in total. The van der Waals surface area contributed by atoms with E-state index in [-0.39, 0.29) is 13.2 Å². The fourth-order valence-corrected chi connectivity index (χ4v) is 2.66. The summed E-state index contributed by atoms with van der Waals surface area (Å²) in [4.78, 5) is 24.4. The normalized spacial score (nSPS) is 12.8. The van der Waals surface area contributed by atoms with Gasteiger partial charge in [-0.2, -0.15) is 5.26 Å². The monoisotopic (exact) mass is 321 g/mol. The number of ether oxygens (including phenoxy) is 2. The van der Waals surface area contributed by atoms with Crippen molar-refractivity contribution in [3.8, 4) is 5.40 Å². The molecule has 0 saturated heterocycles. The van der Waals surface area contributed by atoms with Crippen LogP contribution in [0.15, 0.2) is 24.3 Å². The van der Waals surface area contributed by atoms with Gasteiger partial charge in [-0.3, -0.25) is 9.59 Å². The molecule has 0 bridgehead atoms. The van der Waals surface area contributed by atoms with Gasteiger partial charge in [-0.25, -0.2) is 0 Å². The van der Waals surface area contributed by atoms with E-state index in [0.717, 1.165) is 5.56 Å². The predicted molar refractivity (Wildman–Crippen MR) is 84.2 cm³/mol. The third kappa shape index (κ3) is 4.78. The maximum absolute atomic E-state index is 12.3. The molecule has 0 unspecified atom stereocenters. The van der Waals surface area contributed by atoms with E-state index < -0.39 is 23.1 Å². The minimum Gasteiger partial charge on any atom is -0.465 e. The van der Waals surface area contributed by atoms with Crippen molar-refractivity contribution in [2.75, 3.05) is 13.2 Å². The second-order valence-corrected chi connectivity index (χ2v) is 5.45. The van der Waals surface area contributed by atoms with Crippen LogP contribution < -0.4 is 0 Å². The van der Waals surface area contributed by atoms with Gasteiger partial charge >= 0.3 is 11.9 Å². The molecule has 0 fully saturated rings. The molecule has 6 heteroatoms. The lowest BCUT2D eigenvalue weighted by atomic mass is 9.94. The molecule has 0 aliphatic rings. The molecule has 0 saturated carbocycles. The standard InChI is InChI=1S/C16H19NO4S/c1-4-20-15(18)13(12-8-6-11(3)7-9-12)14(22-10-17)16(19)21-5-2/h6-9,13-14H,4-5H2,1-3H3/t13-,14+/m0/s1. The summed E-state index contributed by atoms with van der Waals surface area (Å²) in [6.07, 6.45) is 0. The van der Waals surface area contributed by atoms with Gasteiger partial charge in [-0.15, -0.1) is 0 Å². The highest BCUT2D eigenvalue weighted by molar-refractivity contribution is 8.05. The van der Waals surface area contributed by atoms with Gasteiger partial charge in [0.15, 0.2) is 0 Å². The molecule has 22 heavy (non-hydrogen) atoms. The third-order valence-electron chi connectivity index (χ3n) is 2.98. The first-order chi connectivity index (χ1) is 10.5. The molecule has 2 atom stereocenters. The van der Waals surface area contributed by atoms with E-state index in [2.05, 4.69) is 0 Å². The van der Waals surface area contributed by atoms with Crippen molar-refractivity contribution in [1.82, 2.24) is 0 Å². The van der Waals surface area contributed by atoms with Crippen LogP contribution in [0.2, 0.25) is 0 Å². The van der Waals surface area contributed by atoms with Crippen molar-refractivity contribution in [2.45, 2.75) is 31.9 Å². The lowest BCUT2D eigenvalue weighted by molar-refractivity contribution is -0.151. The fraction of sp³-hybridized carbons (Fsp3) is 0.438. The first kappa shape index (κ1) is 18.1. The summed E-state index contributed by atoms with van der Waals surface area (Å²) in [6, 6.07) is 7.23. The topological polar surface area (TPSA) is 76.4 Å². The molecule has 118 valence electrons. The Morgan fingerprint density at radius 2 is 1.68 bits per heavy atom. The van der Waals surface area contributed by atoms with Gasteiger partial charge in [0.1, 0.15) is 16.6 Å². The summed E-state index contributed by atoms with van der Waals surface area (Å²) < 4.78 is 10.1. The average Bonchev–Trinajstić information content (AvgIpc) is 2.49. The highest BCUT2D eigenvalue weighted by Gasteiger charge is 2.38. The summed E-state index contributed by atoms with van der Waals surface area (Å²) in [6.45, 7) is 5.69. The van der Waals surface area contributed by atoms with Gasteiger partial charge in [-0.1, -0.05) is 29.8 Å². The molecule has 5 nitrogen and oxygen atoms in total. The number of rotatable bonds is 7. The summed E-state index contributed by atoms with van der Waals surface area (Å²) in [7, 11) is 0. The smallest absolute Gasteiger partial charge is 0.321 e. The molecule has 0 aliphatic carbocycles. The van der Waals surface area contributed by atoms with Crippen LogP contribution in [0.25, 0.3) is 0 Å². The average molecular weight is 321 g/mol. The lowest BCUT2D eigenvalue weighted by Crippen LogP contribution is -2.33. The van der Waals surface area contributed by atoms with Gasteiger partial charge in [0.05, 0.1) is 13.2 Å². The van der Waals surface area contributed by atoms with Crippen LogP contribution in [0.5, 0.6) is 0 Å². The minimum atomic E-state index is -0.952. The van der Waals surface area contributed by atoms with Gasteiger partial charge in [0.25, 0.3) is 0 Å². The van der Waals surface area contributed by atoms with Crippen LogP contribution in [-0.4, -0.2) is 30.4 Å². The molecular formula is C16H19NO4S. The Labute approximate surface area is 134 Å². The van der Waals surface area contributed by atoms with Gasteiger partial charge in [0, 0.05) is 0 Å². The third-order valence-corrected chi connectivity index (χ3v) is 3.80. The molecule has 1 aromatic rings. The van der Waals surface area contributed by atoms with Gasteiger partial charge in [-0.05, 0) is 38.1 Å². The summed E-state index contributed by atoms with van der Waals surface area (Å²) in [5.41, 5.74) is 1.66. The van der Waals surface area contributed by atoms with Crippen molar-refractivity contribution >= 4 is 23.7 Å². The van der Waals surface area contributed by atoms with Crippen LogP contribution in [0, 0.1) is 17.6 Å². The number of esters is 2. The number of thiocyanates is 1. The highest BCUT2D eigenvalue weighted by Crippen LogP contribution is 2.31. The van der Waals surface area contributed by atoms with E-state index in [1.807, 2.05) is 24.5 Å². The molecule has 1 rings (SSSR count). The Hall–Kier alpha value is -2.00. The Balaban J connectivity index is 3.21. The maximum Gasteiger partial charge on any atom is 0.321 e. The number of carbonyl (C=O) groups is 2. The number of nitriles is 1. The number of benzene rings is 1. The van der Waals surface area contributed by atoms with E-state index in [9.17, 15) is 9.59 Å². The maximum atomic E-state index is 12.3. The predicted octanol–water partition coefficient (Wildman–Crippen LogP) is 2.79. The molecule has 0 amide bonds. The second-order valence-electron chi connectivity index (χ2n) is 4.52. The number of nitrogens with zero attached hydrogens (tertiary/aromatic N) is 1. The van der Waals surface area contributed by atoms with Crippen molar-refractivity contribution in [1.29, 1.82) is 5.26 Å².